The second kappa shape index (κ2) is 4.01. The van der Waals surface area contributed by atoms with E-state index in [1.54, 1.807) is 11.3 Å². The van der Waals surface area contributed by atoms with Crippen molar-refractivity contribution >= 4 is 37.4 Å². The standard InChI is InChI=1S/C11H12BrNS/c1-7(13-2)10-6-14-11-5-8(12)3-4-9(10)11/h3-7,13H,1-2H3. The van der Waals surface area contributed by atoms with Gasteiger partial charge in [-0.2, -0.15) is 0 Å². The molecule has 3 heteroatoms. The zero-order chi connectivity index (χ0) is 10.1. The summed E-state index contributed by atoms with van der Waals surface area (Å²) in [5.41, 5.74) is 1.39. The molecular formula is C11H12BrNS. The minimum atomic E-state index is 0.421. The summed E-state index contributed by atoms with van der Waals surface area (Å²) in [6.07, 6.45) is 0. The third-order valence-corrected chi connectivity index (χ3v) is 3.92. The molecule has 1 heterocycles. The normalized spacial score (nSPS) is 13.4. The highest BCUT2D eigenvalue weighted by Crippen LogP contribution is 2.31. The van der Waals surface area contributed by atoms with Crippen LogP contribution in [0.15, 0.2) is 28.1 Å². The van der Waals surface area contributed by atoms with Crippen molar-refractivity contribution in [3.05, 3.63) is 33.6 Å². The van der Waals surface area contributed by atoms with Gasteiger partial charge in [0.25, 0.3) is 0 Å². The molecule has 0 aliphatic heterocycles. The molecule has 1 N–H and O–H groups in total. The zero-order valence-corrected chi connectivity index (χ0v) is 10.6. The second-order valence-corrected chi connectivity index (χ2v) is 5.17. The van der Waals surface area contributed by atoms with Crippen LogP contribution in [0, 0.1) is 0 Å². The van der Waals surface area contributed by atoms with Crippen LogP contribution in [0.25, 0.3) is 10.1 Å². The molecule has 1 unspecified atom stereocenters. The van der Waals surface area contributed by atoms with E-state index < -0.39 is 0 Å². The summed E-state index contributed by atoms with van der Waals surface area (Å²) >= 11 is 5.29. The minimum absolute atomic E-state index is 0.421. The lowest BCUT2D eigenvalue weighted by molar-refractivity contribution is 0.659. The lowest BCUT2D eigenvalue weighted by atomic mass is 10.1. The fourth-order valence-electron chi connectivity index (χ4n) is 1.51. The maximum Gasteiger partial charge on any atom is 0.0357 e. The molecule has 0 aliphatic carbocycles. The number of hydrogen-bond donors (Lipinski definition) is 1. The van der Waals surface area contributed by atoms with E-state index in [0.717, 1.165) is 4.47 Å². The Kier molecular flexibility index (Phi) is 2.91. The Morgan fingerprint density at radius 1 is 1.43 bits per heavy atom. The third-order valence-electron chi connectivity index (χ3n) is 2.47. The van der Waals surface area contributed by atoms with Crippen LogP contribution in [0.4, 0.5) is 0 Å². The Morgan fingerprint density at radius 2 is 2.21 bits per heavy atom. The van der Waals surface area contributed by atoms with Crippen LogP contribution < -0.4 is 5.32 Å². The van der Waals surface area contributed by atoms with Crippen molar-refractivity contribution in [2.24, 2.45) is 0 Å². The van der Waals surface area contributed by atoms with E-state index in [2.05, 4.69) is 51.7 Å². The summed E-state index contributed by atoms with van der Waals surface area (Å²) in [5, 5.41) is 6.86. The molecule has 0 radical (unpaired) electrons. The first-order chi connectivity index (χ1) is 6.72. The minimum Gasteiger partial charge on any atom is -0.313 e. The third kappa shape index (κ3) is 1.72. The van der Waals surface area contributed by atoms with Crippen molar-refractivity contribution in [1.29, 1.82) is 0 Å². The van der Waals surface area contributed by atoms with Gasteiger partial charge in [-0.15, -0.1) is 11.3 Å². The number of fused-ring (bicyclic) bond motifs is 1. The van der Waals surface area contributed by atoms with Gasteiger partial charge >= 0.3 is 0 Å². The smallest absolute Gasteiger partial charge is 0.0357 e. The second-order valence-electron chi connectivity index (χ2n) is 3.34. The fraction of sp³-hybridized carbons (Fsp3) is 0.273. The van der Waals surface area contributed by atoms with Gasteiger partial charge in [-0.05, 0) is 42.4 Å². The molecule has 1 aromatic heterocycles. The van der Waals surface area contributed by atoms with E-state index in [1.165, 1.54) is 15.6 Å². The van der Waals surface area contributed by atoms with E-state index in [0.29, 0.717) is 6.04 Å². The molecule has 2 aromatic rings. The van der Waals surface area contributed by atoms with Gasteiger partial charge in [0.15, 0.2) is 0 Å². The predicted molar refractivity (Wildman–Crippen MR) is 67.0 cm³/mol. The summed E-state index contributed by atoms with van der Waals surface area (Å²) in [6, 6.07) is 6.87. The molecule has 1 nitrogen and oxygen atoms in total. The van der Waals surface area contributed by atoms with E-state index in [9.17, 15) is 0 Å². The monoisotopic (exact) mass is 269 g/mol. The largest absolute Gasteiger partial charge is 0.313 e. The molecular weight excluding hydrogens is 258 g/mol. The van der Waals surface area contributed by atoms with Crippen molar-refractivity contribution in [2.75, 3.05) is 7.05 Å². The lowest BCUT2D eigenvalue weighted by Crippen LogP contribution is -2.11. The number of rotatable bonds is 2. The van der Waals surface area contributed by atoms with Crippen molar-refractivity contribution in [2.45, 2.75) is 13.0 Å². The highest BCUT2D eigenvalue weighted by atomic mass is 79.9. The molecule has 0 saturated heterocycles. The van der Waals surface area contributed by atoms with E-state index in [1.807, 2.05) is 7.05 Å². The van der Waals surface area contributed by atoms with Crippen LogP contribution in [0.2, 0.25) is 0 Å². The summed E-state index contributed by atoms with van der Waals surface area (Å²) in [5.74, 6) is 0. The first-order valence-electron chi connectivity index (χ1n) is 4.56. The zero-order valence-electron chi connectivity index (χ0n) is 8.17. The lowest BCUT2D eigenvalue weighted by Gasteiger charge is -2.08. The van der Waals surface area contributed by atoms with Gasteiger partial charge in [-0.3, -0.25) is 0 Å². The summed E-state index contributed by atoms with van der Waals surface area (Å²) in [4.78, 5) is 0. The first kappa shape index (κ1) is 10.1. The van der Waals surface area contributed by atoms with Gasteiger partial charge in [-0.1, -0.05) is 22.0 Å². The Morgan fingerprint density at radius 3 is 2.93 bits per heavy atom. The number of nitrogens with one attached hydrogen (secondary N) is 1. The molecule has 0 bridgehead atoms. The SMILES string of the molecule is CNC(C)c1csc2cc(Br)ccc12. The van der Waals surface area contributed by atoms with Crippen molar-refractivity contribution in [3.8, 4) is 0 Å². The van der Waals surface area contributed by atoms with Crippen LogP contribution in [-0.4, -0.2) is 7.05 Å². The van der Waals surface area contributed by atoms with Crippen LogP contribution in [-0.2, 0) is 0 Å². The Labute approximate surface area is 96.3 Å². The van der Waals surface area contributed by atoms with Crippen LogP contribution in [0.1, 0.15) is 18.5 Å². The Hall–Kier alpha value is -0.380. The van der Waals surface area contributed by atoms with E-state index in [-0.39, 0.29) is 0 Å². The molecule has 0 amide bonds. The average Bonchev–Trinajstić information content (AvgIpc) is 2.59. The van der Waals surface area contributed by atoms with Crippen molar-refractivity contribution in [3.63, 3.8) is 0 Å². The number of halogens is 1. The van der Waals surface area contributed by atoms with Crippen molar-refractivity contribution < 1.29 is 0 Å². The van der Waals surface area contributed by atoms with Crippen LogP contribution in [0.5, 0.6) is 0 Å². The number of hydrogen-bond acceptors (Lipinski definition) is 2. The predicted octanol–water partition coefficient (Wildman–Crippen LogP) is 3.94. The molecule has 14 heavy (non-hydrogen) atoms. The molecule has 0 fully saturated rings. The molecule has 1 aromatic carbocycles. The van der Waals surface area contributed by atoms with Crippen LogP contribution >= 0.6 is 27.3 Å². The highest BCUT2D eigenvalue weighted by molar-refractivity contribution is 9.10. The maximum absolute atomic E-state index is 3.49. The Bertz CT molecular complexity index is 449. The fourth-order valence-corrected chi connectivity index (χ4v) is 3.12. The van der Waals surface area contributed by atoms with E-state index in [4.69, 9.17) is 0 Å². The van der Waals surface area contributed by atoms with Gasteiger partial charge in [0.2, 0.25) is 0 Å². The molecule has 0 aliphatic rings. The number of benzene rings is 1. The molecule has 1 atom stereocenters. The van der Waals surface area contributed by atoms with Crippen LogP contribution in [0.3, 0.4) is 0 Å². The van der Waals surface area contributed by atoms with Gasteiger partial charge < -0.3 is 5.32 Å². The summed E-state index contributed by atoms with van der Waals surface area (Å²) in [6.45, 7) is 2.18. The van der Waals surface area contributed by atoms with Gasteiger partial charge in [0.05, 0.1) is 0 Å². The number of thiophene rings is 1. The molecule has 0 spiro atoms. The quantitative estimate of drug-likeness (QED) is 0.871. The van der Waals surface area contributed by atoms with Crippen molar-refractivity contribution in [1.82, 2.24) is 5.32 Å². The summed E-state index contributed by atoms with van der Waals surface area (Å²) in [7, 11) is 1.99. The maximum atomic E-state index is 3.49. The van der Waals surface area contributed by atoms with E-state index >= 15 is 0 Å². The molecule has 74 valence electrons. The topological polar surface area (TPSA) is 12.0 Å². The van der Waals surface area contributed by atoms with Gasteiger partial charge in [0, 0.05) is 15.2 Å². The molecule has 0 saturated carbocycles. The first-order valence-corrected chi connectivity index (χ1v) is 6.23. The molecule has 2 rings (SSSR count). The Balaban J connectivity index is 2.58. The van der Waals surface area contributed by atoms with Gasteiger partial charge in [-0.25, -0.2) is 0 Å². The highest BCUT2D eigenvalue weighted by Gasteiger charge is 2.09. The summed E-state index contributed by atoms with van der Waals surface area (Å²) < 4.78 is 2.49. The average molecular weight is 270 g/mol. The van der Waals surface area contributed by atoms with Gasteiger partial charge in [0.1, 0.15) is 0 Å².